The van der Waals surface area contributed by atoms with Gasteiger partial charge in [0, 0.05) is 25.3 Å². The topological polar surface area (TPSA) is 68.9 Å². The summed E-state index contributed by atoms with van der Waals surface area (Å²) in [5.41, 5.74) is 7.31. The number of rotatable bonds is 5. The van der Waals surface area contributed by atoms with E-state index >= 15 is 0 Å². The molecule has 4 heteroatoms. The first kappa shape index (κ1) is 16.0. The number of carbonyl (C=O) groups excluding carboxylic acids is 1. The molecular formula is C17H27N2O2+. The number of nitrogens with two attached hydrogens (primary N) is 2. The van der Waals surface area contributed by atoms with Crippen LogP contribution in [0.3, 0.4) is 0 Å². The molecule has 1 heterocycles. The van der Waals surface area contributed by atoms with Crippen molar-refractivity contribution in [2.24, 2.45) is 11.7 Å². The molecule has 0 unspecified atom stereocenters. The second kappa shape index (κ2) is 7.05. The number of quaternary nitrogens is 1. The molecule has 4 N–H and O–H groups in total. The van der Waals surface area contributed by atoms with Crippen molar-refractivity contribution in [1.29, 1.82) is 0 Å². The highest BCUT2D eigenvalue weighted by Gasteiger charge is 2.35. The van der Waals surface area contributed by atoms with E-state index in [9.17, 15) is 4.79 Å². The molecule has 116 valence electrons. The fourth-order valence-electron chi connectivity index (χ4n) is 3.12. The molecule has 0 amide bonds. The minimum absolute atomic E-state index is 0.157. The summed E-state index contributed by atoms with van der Waals surface area (Å²) < 4.78 is 5.79. The second-order valence-corrected chi connectivity index (χ2v) is 6.37. The van der Waals surface area contributed by atoms with Crippen LogP contribution in [-0.4, -0.2) is 24.7 Å². The number of benzene rings is 1. The molecule has 1 saturated heterocycles. The van der Waals surface area contributed by atoms with Gasteiger partial charge in [-0.15, -0.1) is 0 Å². The Morgan fingerprint density at radius 3 is 2.52 bits per heavy atom. The number of hydrogen-bond acceptors (Lipinski definition) is 3. The number of hydrogen-bond donors (Lipinski definition) is 2. The Bertz CT molecular complexity index is 479. The van der Waals surface area contributed by atoms with Gasteiger partial charge >= 0.3 is 5.97 Å². The van der Waals surface area contributed by atoms with E-state index < -0.39 is 0 Å². The molecule has 1 aromatic carbocycles. The summed E-state index contributed by atoms with van der Waals surface area (Å²) >= 11 is 0. The van der Waals surface area contributed by atoms with Crippen molar-refractivity contribution in [2.75, 3.05) is 13.1 Å². The average molecular weight is 291 g/mol. The molecule has 21 heavy (non-hydrogen) atoms. The van der Waals surface area contributed by atoms with Crippen LogP contribution in [0.5, 0.6) is 0 Å². The van der Waals surface area contributed by atoms with E-state index in [1.54, 1.807) is 0 Å². The highest BCUT2D eigenvalue weighted by molar-refractivity contribution is 5.73. The first-order chi connectivity index (χ1) is 10.0. The van der Waals surface area contributed by atoms with Crippen LogP contribution in [-0.2, 0) is 22.5 Å². The second-order valence-electron chi connectivity index (χ2n) is 6.37. The average Bonchev–Trinajstić information content (AvgIpc) is 2.48. The van der Waals surface area contributed by atoms with Crippen molar-refractivity contribution >= 4 is 5.97 Å². The zero-order chi connectivity index (χ0) is 15.3. The van der Waals surface area contributed by atoms with Crippen LogP contribution in [0.4, 0.5) is 0 Å². The molecule has 0 bridgehead atoms. The largest absolute Gasteiger partial charge is 0.459 e. The van der Waals surface area contributed by atoms with Gasteiger partial charge in [-0.2, -0.15) is 0 Å². The molecule has 1 aromatic rings. The van der Waals surface area contributed by atoms with E-state index in [2.05, 4.69) is 5.32 Å². The first-order valence-corrected chi connectivity index (χ1v) is 7.83. The Balaban J connectivity index is 1.97. The molecule has 4 nitrogen and oxygen atoms in total. The molecule has 1 aliphatic heterocycles. The molecule has 0 atom stereocenters. The van der Waals surface area contributed by atoms with Crippen molar-refractivity contribution in [3.63, 3.8) is 0 Å². The van der Waals surface area contributed by atoms with Gasteiger partial charge in [0.1, 0.15) is 5.60 Å². The lowest BCUT2D eigenvalue weighted by Gasteiger charge is -2.35. The molecule has 0 saturated carbocycles. The Hall–Kier alpha value is -1.39. The van der Waals surface area contributed by atoms with Gasteiger partial charge in [-0.3, -0.25) is 4.79 Å². The van der Waals surface area contributed by atoms with Crippen molar-refractivity contribution in [3.05, 3.63) is 35.4 Å². The highest BCUT2D eigenvalue weighted by Crippen LogP contribution is 2.28. The van der Waals surface area contributed by atoms with Crippen molar-refractivity contribution in [1.82, 2.24) is 0 Å². The quantitative estimate of drug-likeness (QED) is 0.795. The van der Waals surface area contributed by atoms with Crippen LogP contribution in [0.25, 0.3) is 0 Å². The minimum Gasteiger partial charge on any atom is -0.459 e. The van der Waals surface area contributed by atoms with E-state index in [1.807, 2.05) is 38.1 Å². The van der Waals surface area contributed by atoms with Gasteiger partial charge in [0.05, 0.1) is 19.5 Å². The summed E-state index contributed by atoms with van der Waals surface area (Å²) in [6, 6.07) is 7.79. The van der Waals surface area contributed by atoms with Crippen LogP contribution in [0.1, 0.15) is 37.8 Å². The number of esters is 1. The first-order valence-electron chi connectivity index (χ1n) is 7.83. The molecule has 0 aliphatic carbocycles. The van der Waals surface area contributed by atoms with E-state index in [-0.39, 0.29) is 11.6 Å². The Kier molecular flexibility index (Phi) is 5.37. The maximum Gasteiger partial charge on any atom is 0.310 e. The standard InChI is InChI=1S/C17H26N2O2/c1-17(2,15-7-9-19-10-8-15)21-16(20)11-13-5-3-4-6-14(13)12-18/h3-6,15,19H,7-12,18H2,1-2H3/p+1. The van der Waals surface area contributed by atoms with E-state index in [0.717, 1.165) is 37.1 Å². The van der Waals surface area contributed by atoms with Crippen LogP contribution in [0.15, 0.2) is 24.3 Å². The number of piperidine rings is 1. The lowest BCUT2D eigenvalue weighted by atomic mass is 9.83. The zero-order valence-electron chi connectivity index (χ0n) is 13.1. The predicted octanol–water partition coefficient (Wildman–Crippen LogP) is 0.983. The molecular weight excluding hydrogens is 264 g/mol. The van der Waals surface area contributed by atoms with Crippen molar-refractivity contribution in [2.45, 2.75) is 45.3 Å². The Morgan fingerprint density at radius 1 is 1.29 bits per heavy atom. The molecule has 1 fully saturated rings. The Labute approximate surface area is 127 Å². The third kappa shape index (κ3) is 4.29. The number of carbonyl (C=O) groups is 1. The molecule has 1 aliphatic rings. The van der Waals surface area contributed by atoms with Gasteiger partial charge in [-0.25, -0.2) is 0 Å². The summed E-state index contributed by atoms with van der Waals surface area (Å²) in [6.07, 6.45) is 2.52. The van der Waals surface area contributed by atoms with Crippen LogP contribution >= 0.6 is 0 Å². The van der Waals surface area contributed by atoms with Crippen LogP contribution < -0.4 is 11.1 Å². The predicted molar refractivity (Wildman–Crippen MR) is 82.6 cm³/mol. The summed E-state index contributed by atoms with van der Waals surface area (Å²) in [4.78, 5) is 12.3. The highest BCUT2D eigenvalue weighted by atomic mass is 16.6. The van der Waals surface area contributed by atoms with E-state index in [1.165, 1.54) is 0 Å². The zero-order valence-corrected chi connectivity index (χ0v) is 13.1. The van der Waals surface area contributed by atoms with Gasteiger partial charge in [0.25, 0.3) is 0 Å². The SMILES string of the molecule is CC(C)(OC(=O)Cc1ccccc1CN)C1CC[NH2+]CC1. The lowest BCUT2D eigenvalue weighted by molar-refractivity contribution is -0.665. The van der Waals surface area contributed by atoms with Gasteiger partial charge in [0.15, 0.2) is 0 Å². The van der Waals surface area contributed by atoms with Crippen molar-refractivity contribution in [3.8, 4) is 0 Å². The smallest absolute Gasteiger partial charge is 0.310 e. The molecule has 0 aromatic heterocycles. The maximum absolute atomic E-state index is 12.3. The van der Waals surface area contributed by atoms with Gasteiger partial charge < -0.3 is 15.8 Å². The minimum atomic E-state index is -0.386. The summed E-state index contributed by atoms with van der Waals surface area (Å²) in [5.74, 6) is 0.298. The normalized spacial score (nSPS) is 16.7. The third-order valence-corrected chi connectivity index (χ3v) is 4.47. The van der Waals surface area contributed by atoms with Gasteiger partial charge in [0.2, 0.25) is 0 Å². The lowest BCUT2D eigenvalue weighted by Crippen LogP contribution is -2.86. The fraction of sp³-hybridized carbons (Fsp3) is 0.588. The fourth-order valence-corrected chi connectivity index (χ4v) is 3.12. The summed E-state index contributed by atoms with van der Waals surface area (Å²) in [5, 5.41) is 2.33. The van der Waals surface area contributed by atoms with Crippen molar-refractivity contribution < 1.29 is 14.8 Å². The molecule has 0 radical (unpaired) electrons. The van der Waals surface area contributed by atoms with Gasteiger partial charge in [-0.05, 0) is 25.0 Å². The molecule has 2 rings (SSSR count). The van der Waals surface area contributed by atoms with Gasteiger partial charge in [-0.1, -0.05) is 24.3 Å². The monoisotopic (exact) mass is 291 g/mol. The van der Waals surface area contributed by atoms with E-state index in [4.69, 9.17) is 10.5 Å². The number of ether oxygens (including phenoxy) is 1. The maximum atomic E-state index is 12.3. The molecule has 0 spiro atoms. The Morgan fingerprint density at radius 2 is 1.90 bits per heavy atom. The van der Waals surface area contributed by atoms with E-state index in [0.29, 0.717) is 18.9 Å². The summed E-state index contributed by atoms with van der Waals surface area (Å²) in [6.45, 7) is 6.78. The van der Waals surface area contributed by atoms with Crippen LogP contribution in [0.2, 0.25) is 0 Å². The summed E-state index contributed by atoms with van der Waals surface area (Å²) in [7, 11) is 0. The van der Waals surface area contributed by atoms with Crippen LogP contribution in [0, 0.1) is 5.92 Å². The third-order valence-electron chi connectivity index (χ3n) is 4.47.